The number of ether oxygens (including phenoxy) is 2. The smallest absolute Gasteiger partial charge is 0.128 e. The number of hydrogen-bond acceptors (Lipinski definition) is 4. The Morgan fingerprint density at radius 3 is 3.10 bits per heavy atom. The van der Waals surface area contributed by atoms with Gasteiger partial charge in [0.25, 0.3) is 0 Å². The second-order valence-electron chi connectivity index (χ2n) is 4.99. The van der Waals surface area contributed by atoms with E-state index < -0.39 is 0 Å². The number of nitrogens with zero attached hydrogens (tertiary/aromatic N) is 2. The largest absolute Gasteiger partial charge is 0.497 e. The van der Waals surface area contributed by atoms with Crippen LogP contribution in [0.4, 0.5) is 5.69 Å². The van der Waals surface area contributed by atoms with Crippen LogP contribution in [0.1, 0.15) is 24.4 Å². The van der Waals surface area contributed by atoms with E-state index in [-0.39, 0.29) is 6.04 Å². The maximum absolute atomic E-state index is 5.82. The van der Waals surface area contributed by atoms with Gasteiger partial charge in [0.15, 0.2) is 0 Å². The summed E-state index contributed by atoms with van der Waals surface area (Å²) in [5.74, 6) is 1.73. The number of hydrogen-bond donors (Lipinski definition) is 1. The van der Waals surface area contributed by atoms with E-state index in [1.165, 1.54) is 5.56 Å². The first-order valence-corrected chi connectivity index (χ1v) is 6.82. The van der Waals surface area contributed by atoms with E-state index in [1.807, 2.05) is 31.6 Å². The van der Waals surface area contributed by atoms with Crippen molar-refractivity contribution in [3.8, 4) is 11.5 Å². The van der Waals surface area contributed by atoms with E-state index in [0.29, 0.717) is 0 Å². The molecule has 0 aliphatic carbocycles. The first-order valence-electron chi connectivity index (χ1n) is 6.82. The maximum atomic E-state index is 5.82. The van der Waals surface area contributed by atoms with Gasteiger partial charge in [0.1, 0.15) is 11.5 Å². The Labute approximate surface area is 118 Å². The van der Waals surface area contributed by atoms with Crippen molar-refractivity contribution in [1.82, 2.24) is 9.78 Å². The van der Waals surface area contributed by atoms with Crippen molar-refractivity contribution < 1.29 is 9.47 Å². The number of aryl methyl sites for hydroxylation is 1. The summed E-state index contributed by atoms with van der Waals surface area (Å²) >= 11 is 0. The monoisotopic (exact) mass is 273 g/mol. The van der Waals surface area contributed by atoms with E-state index in [9.17, 15) is 0 Å². The van der Waals surface area contributed by atoms with Gasteiger partial charge < -0.3 is 14.8 Å². The predicted molar refractivity (Wildman–Crippen MR) is 77.3 cm³/mol. The molecule has 1 N–H and O–H groups in total. The predicted octanol–water partition coefficient (Wildman–Crippen LogP) is 2.75. The summed E-state index contributed by atoms with van der Waals surface area (Å²) in [6.07, 6.45) is 5.88. The molecule has 1 aromatic carbocycles. The first kappa shape index (κ1) is 12.8. The van der Waals surface area contributed by atoms with Gasteiger partial charge in [-0.2, -0.15) is 5.10 Å². The molecule has 106 valence electrons. The van der Waals surface area contributed by atoms with Crippen molar-refractivity contribution in [1.29, 1.82) is 0 Å². The standard InChI is InChI=1S/C15H19N3O2/c1-18-10-11(9-16-18)17-14-4-3-7-20-15-8-12(19-2)5-6-13(14)15/h5-6,8-10,14,17H,3-4,7H2,1-2H3/t14-/m0/s1. The summed E-state index contributed by atoms with van der Waals surface area (Å²) in [6.45, 7) is 0.741. The number of fused-ring (bicyclic) bond motifs is 1. The molecule has 0 amide bonds. The molecule has 1 atom stereocenters. The normalized spacial score (nSPS) is 17.8. The molecule has 0 saturated carbocycles. The Morgan fingerprint density at radius 2 is 2.35 bits per heavy atom. The third-order valence-corrected chi connectivity index (χ3v) is 3.54. The van der Waals surface area contributed by atoms with Crippen LogP contribution in [0.2, 0.25) is 0 Å². The van der Waals surface area contributed by atoms with E-state index in [1.54, 1.807) is 11.8 Å². The number of rotatable bonds is 3. The van der Waals surface area contributed by atoms with Gasteiger partial charge >= 0.3 is 0 Å². The highest BCUT2D eigenvalue weighted by Crippen LogP contribution is 2.36. The molecule has 2 aromatic rings. The van der Waals surface area contributed by atoms with Gasteiger partial charge in [0, 0.05) is 24.9 Å². The van der Waals surface area contributed by atoms with Crippen molar-refractivity contribution in [3.05, 3.63) is 36.2 Å². The summed E-state index contributed by atoms with van der Waals surface area (Å²) in [5, 5.41) is 7.72. The minimum Gasteiger partial charge on any atom is -0.497 e. The van der Waals surface area contributed by atoms with Gasteiger partial charge in [-0.15, -0.1) is 0 Å². The van der Waals surface area contributed by atoms with Gasteiger partial charge in [0.05, 0.1) is 31.6 Å². The molecule has 0 radical (unpaired) electrons. The summed E-state index contributed by atoms with van der Waals surface area (Å²) in [6, 6.07) is 6.25. The lowest BCUT2D eigenvalue weighted by Crippen LogP contribution is -2.09. The van der Waals surface area contributed by atoms with Crippen LogP contribution in [0.5, 0.6) is 11.5 Å². The number of methoxy groups -OCH3 is 1. The number of anilines is 1. The zero-order chi connectivity index (χ0) is 13.9. The Kier molecular flexibility index (Phi) is 3.50. The topological polar surface area (TPSA) is 48.3 Å². The number of aromatic nitrogens is 2. The highest BCUT2D eigenvalue weighted by molar-refractivity contribution is 5.48. The van der Waals surface area contributed by atoms with Crippen LogP contribution in [-0.2, 0) is 7.05 Å². The van der Waals surface area contributed by atoms with Crippen molar-refractivity contribution in [2.75, 3.05) is 19.0 Å². The highest BCUT2D eigenvalue weighted by atomic mass is 16.5. The lowest BCUT2D eigenvalue weighted by molar-refractivity contribution is 0.314. The summed E-state index contributed by atoms with van der Waals surface area (Å²) in [5.41, 5.74) is 2.20. The van der Waals surface area contributed by atoms with Crippen molar-refractivity contribution in [2.24, 2.45) is 7.05 Å². The first-order chi connectivity index (χ1) is 9.76. The van der Waals surface area contributed by atoms with Crippen LogP contribution < -0.4 is 14.8 Å². The molecular weight excluding hydrogens is 254 g/mol. The van der Waals surface area contributed by atoms with Crippen molar-refractivity contribution in [3.63, 3.8) is 0 Å². The molecule has 3 rings (SSSR count). The van der Waals surface area contributed by atoms with Crippen LogP contribution in [0, 0.1) is 0 Å². The van der Waals surface area contributed by atoms with Crippen LogP contribution in [0.15, 0.2) is 30.6 Å². The molecule has 1 aliphatic rings. The molecule has 1 aromatic heterocycles. The quantitative estimate of drug-likeness (QED) is 0.934. The van der Waals surface area contributed by atoms with Crippen LogP contribution in [0.3, 0.4) is 0 Å². The fourth-order valence-corrected chi connectivity index (χ4v) is 2.53. The summed E-state index contributed by atoms with van der Waals surface area (Å²) < 4.78 is 12.9. The SMILES string of the molecule is COc1ccc2c(c1)OCCC[C@@H]2Nc1cnn(C)c1. The third kappa shape index (κ3) is 2.57. The summed E-state index contributed by atoms with van der Waals surface area (Å²) in [7, 11) is 3.59. The van der Waals surface area contributed by atoms with E-state index in [0.717, 1.165) is 36.6 Å². The Hall–Kier alpha value is -2.17. The molecule has 0 saturated heterocycles. The molecule has 0 unspecified atom stereocenters. The van der Waals surface area contributed by atoms with E-state index in [4.69, 9.17) is 9.47 Å². The van der Waals surface area contributed by atoms with Crippen LogP contribution >= 0.6 is 0 Å². The van der Waals surface area contributed by atoms with Gasteiger partial charge in [0.2, 0.25) is 0 Å². The molecule has 5 heteroatoms. The summed E-state index contributed by atoms with van der Waals surface area (Å²) in [4.78, 5) is 0. The zero-order valence-electron chi connectivity index (χ0n) is 11.8. The fraction of sp³-hybridized carbons (Fsp3) is 0.400. The molecule has 1 aliphatic heterocycles. The highest BCUT2D eigenvalue weighted by Gasteiger charge is 2.20. The second-order valence-corrected chi connectivity index (χ2v) is 4.99. The Bertz CT molecular complexity index is 595. The van der Waals surface area contributed by atoms with Gasteiger partial charge in [-0.05, 0) is 25.0 Å². The van der Waals surface area contributed by atoms with Crippen molar-refractivity contribution in [2.45, 2.75) is 18.9 Å². The van der Waals surface area contributed by atoms with Gasteiger partial charge in [-0.25, -0.2) is 0 Å². The van der Waals surface area contributed by atoms with Crippen LogP contribution in [-0.4, -0.2) is 23.5 Å². The molecule has 0 spiro atoms. The maximum Gasteiger partial charge on any atom is 0.128 e. The van der Waals surface area contributed by atoms with E-state index >= 15 is 0 Å². The number of benzene rings is 1. The minimum absolute atomic E-state index is 0.239. The molecular formula is C15H19N3O2. The molecule has 0 fully saturated rings. The lowest BCUT2D eigenvalue weighted by Gasteiger charge is -2.18. The van der Waals surface area contributed by atoms with Crippen LogP contribution in [0.25, 0.3) is 0 Å². The second kappa shape index (κ2) is 5.45. The molecule has 5 nitrogen and oxygen atoms in total. The number of nitrogens with one attached hydrogen (secondary N) is 1. The lowest BCUT2D eigenvalue weighted by atomic mass is 10.0. The Balaban J connectivity index is 1.88. The van der Waals surface area contributed by atoms with E-state index in [2.05, 4.69) is 16.5 Å². The van der Waals surface area contributed by atoms with Gasteiger partial charge in [-0.3, -0.25) is 4.68 Å². The van der Waals surface area contributed by atoms with Gasteiger partial charge in [-0.1, -0.05) is 0 Å². The average molecular weight is 273 g/mol. The zero-order valence-corrected chi connectivity index (χ0v) is 11.8. The molecule has 0 bridgehead atoms. The molecule has 20 heavy (non-hydrogen) atoms. The average Bonchev–Trinajstić information content (AvgIpc) is 2.76. The Morgan fingerprint density at radius 1 is 1.45 bits per heavy atom. The third-order valence-electron chi connectivity index (χ3n) is 3.54. The minimum atomic E-state index is 0.239. The van der Waals surface area contributed by atoms with Crippen molar-refractivity contribution >= 4 is 5.69 Å². The fourth-order valence-electron chi connectivity index (χ4n) is 2.53. The molecule has 2 heterocycles.